The molecule has 0 bridgehead atoms. The lowest BCUT2D eigenvalue weighted by Gasteiger charge is -2.12. The molecule has 178 valence electrons. The molecular formula is C20H10F6N8O. The highest BCUT2D eigenvalue weighted by Crippen LogP contribution is 2.36. The molecule has 0 saturated carbocycles. The molecule has 0 amide bonds. The molecule has 5 rings (SSSR count). The molecule has 35 heavy (non-hydrogen) atoms. The van der Waals surface area contributed by atoms with Gasteiger partial charge in [0, 0.05) is 18.0 Å². The molecule has 4 heterocycles. The van der Waals surface area contributed by atoms with Crippen molar-refractivity contribution in [2.75, 3.05) is 5.73 Å². The molecule has 0 fully saturated rings. The fraction of sp³-hybridized carbons (Fsp3) is 0.100. The molecule has 0 atom stereocenters. The summed E-state index contributed by atoms with van der Waals surface area (Å²) < 4.78 is 85.7. The predicted octanol–water partition coefficient (Wildman–Crippen LogP) is 4.52. The Bertz CT molecular complexity index is 1520. The monoisotopic (exact) mass is 492 g/mol. The van der Waals surface area contributed by atoms with Crippen molar-refractivity contribution in [3.05, 3.63) is 60.2 Å². The van der Waals surface area contributed by atoms with Crippen LogP contribution < -0.4 is 5.73 Å². The van der Waals surface area contributed by atoms with Crippen LogP contribution in [0.5, 0.6) is 0 Å². The van der Waals surface area contributed by atoms with E-state index in [-0.39, 0.29) is 40.1 Å². The predicted molar refractivity (Wildman–Crippen MR) is 107 cm³/mol. The molecule has 5 aromatic rings. The van der Waals surface area contributed by atoms with Gasteiger partial charge in [-0.25, -0.2) is 19.5 Å². The number of benzene rings is 1. The Morgan fingerprint density at radius 3 is 2.14 bits per heavy atom. The van der Waals surface area contributed by atoms with Gasteiger partial charge >= 0.3 is 12.4 Å². The SMILES string of the molecule is Nc1ncc(-c2noc(-c3cnn4c(C(F)(F)F)cc(-c5ccc(C(F)(F)F)cc5)nc34)n2)cn1. The lowest BCUT2D eigenvalue weighted by Crippen LogP contribution is -2.13. The zero-order chi connectivity index (χ0) is 25.0. The third-order valence-electron chi connectivity index (χ3n) is 4.86. The molecule has 9 nitrogen and oxygen atoms in total. The van der Waals surface area contributed by atoms with E-state index in [1.54, 1.807) is 0 Å². The van der Waals surface area contributed by atoms with Gasteiger partial charge in [0.15, 0.2) is 11.3 Å². The number of hydrogen-bond donors (Lipinski definition) is 1. The van der Waals surface area contributed by atoms with Gasteiger partial charge in [0.2, 0.25) is 11.8 Å². The molecule has 0 aliphatic rings. The van der Waals surface area contributed by atoms with Crippen LogP contribution in [-0.4, -0.2) is 34.7 Å². The standard InChI is InChI=1S/C20H10F6N8O/c21-19(22,23)11-3-1-9(2-4-11)13-5-14(20(24,25)26)34-16(31-13)12(8-30-34)17-32-15(33-35-17)10-6-28-18(27)29-7-10/h1-8H,(H2,27,28,29). The Morgan fingerprint density at radius 2 is 1.51 bits per heavy atom. The number of nitrogen functional groups attached to an aromatic ring is 1. The van der Waals surface area contributed by atoms with Crippen molar-refractivity contribution < 1.29 is 30.9 Å². The Labute approximate surface area is 190 Å². The maximum Gasteiger partial charge on any atom is 0.433 e. The largest absolute Gasteiger partial charge is 0.433 e. The number of alkyl halides is 6. The molecular weight excluding hydrogens is 482 g/mol. The first-order chi connectivity index (χ1) is 16.5. The normalized spacial score (nSPS) is 12.4. The van der Waals surface area contributed by atoms with Crippen LogP contribution in [0.2, 0.25) is 0 Å². The zero-order valence-electron chi connectivity index (χ0n) is 17.0. The Balaban J connectivity index is 1.64. The summed E-state index contributed by atoms with van der Waals surface area (Å²) in [6, 6.07) is 4.26. The molecule has 0 saturated heterocycles. The number of fused-ring (bicyclic) bond motifs is 1. The van der Waals surface area contributed by atoms with Crippen molar-refractivity contribution in [1.29, 1.82) is 0 Å². The minimum Gasteiger partial charge on any atom is -0.368 e. The third kappa shape index (κ3) is 4.11. The molecule has 0 unspecified atom stereocenters. The lowest BCUT2D eigenvalue weighted by molar-refractivity contribution is -0.142. The number of aromatic nitrogens is 7. The Hall–Kier alpha value is -4.56. The van der Waals surface area contributed by atoms with Crippen LogP contribution in [0, 0.1) is 0 Å². The first-order valence-electron chi connectivity index (χ1n) is 9.56. The highest BCUT2D eigenvalue weighted by Gasteiger charge is 2.36. The van der Waals surface area contributed by atoms with Gasteiger partial charge in [0.25, 0.3) is 5.89 Å². The molecule has 1 aromatic carbocycles. The smallest absolute Gasteiger partial charge is 0.368 e. The summed E-state index contributed by atoms with van der Waals surface area (Å²) in [5.74, 6) is -0.147. The number of anilines is 1. The highest BCUT2D eigenvalue weighted by molar-refractivity contribution is 5.75. The molecule has 0 radical (unpaired) electrons. The second kappa shape index (κ2) is 7.75. The zero-order valence-corrected chi connectivity index (χ0v) is 17.0. The van der Waals surface area contributed by atoms with Crippen LogP contribution in [0.4, 0.5) is 32.3 Å². The summed E-state index contributed by atoms with van der Waals surface area (Å²) in [7, 11) is 0. The summed E-state index contributed by atoms with van der Waals surface area (Å²) in [5.41, 5.74) is 3.10. The van der Waals surface area contributed by atoms with Gasteiger partial charge in [-0.05, 0) is 18.2 Å². The molecule has 0 spiro atoms. The highest BCUT2D eigenvalue weighted by atomic mass is 19.4. The van der Waals surface area contributed by atoms with Crippen molar-refractivity contribution in [3.8, 4) is 34.1 Å². The average molecular weight is 492 g/mol. The van der Waals surface area contributed by atoms with E-state index in [4.69, 9.17) is 10.3 Å². The molecule has 4 aromatic heterocycles. The first kappa shape index (κ1) is 22.2. The second-order valence-corrected chi connectivity index (χ2v) is 7.15. The van der Waals surface area contributed by atoms with Gasteiger partial charge in [-0.15, -0.1) is 0 Å². The summed E-state index contributed by atoms with van der Waals surface area (Å²) >= 11 is 0. The average Bonchev–Trinajstić information content (AvgIpc) is 3.45. The van der Waals surface area contributed by atoms with Crippen LogP contribution in [0.15, 0.2) is 53.4 Å². The number of nitrogens with two attached hydrogens (primary N) is 1. The maximum atomic E-state index is 13.8. The van der Waals surface area contributed by atoms with Gasteiger partial charge in [0.05, 0.1) is 23.0 Å². The molecule has 0 aliphatic heterocycles. The van der Waals surface area contributed by atoms with E-state index in [2.05, 4.69) is 30.2 Å². The van der Waals surface area contributed by atoms with E-state index in [0.717, 1.165) is 30.5 Å². The van der Waals surface area contributed by atoms with Crippen LogP contribution in [-0.2, 0) is 12.4 Å². The van der Waals surface area contributed by atoms with Gasteiger partial charge in [-0.3, -0.25) is 0 Å². The molecule has 2 N–H and O–H groups in total. The molecule has 0 aliphatic carbocycles. The van der Waals surface area contributed by atoms with Crippen molar-refractivity contribution in [3.63, 3.8) is 0 Å². The number of hydrogen-bond acceptors (Lipinski definition) is 8. The van der Waals surface area contributed by atoms with Crippen molar-refractivity contribution >= 4 is 11.6 Å². The van der Waals surface area contributed by atoms with Gasteiger partial charge < -0.3 is 10.3 Å². The van der Waals surface area contributed by atoms with Crippen LogP contribution in [0.3, 0.4) is 0 Å². The quantitative estimate of drug-likeness (QED) is 0.365. The Morgan fingerprint density at radius 1 is 0.829 bits per heavy atom. The minimum atomic E-state index is -4.85. The van der Waals surface area contributed by atoms with E-state index >= 15 is 0 Å². The van der Waals surface area contributed by atoms with Crippen molar-refractivity contribution in [1.82, 2.24) is 34.7 Å². The first-order valence-corrected chi connectivity index (χ1v) is 9.56. The lowest BCUT2D eigenvalue weighted by atomic mass is 10.1. The van der Waals surface area contributed by atoms with Gasteiger partial charge in [-0.1, -0.05) is 17.3 Å². The van der Waals surface area contributed by atoms with E-state index in [9.17, 15) is 26.3 Å². The fourth-order valence-electron chi connectivity index (χ4n) is 3.20. The number of rotatable bonds is 3. The third-order valence-corrected chi connectivity index (χ3v) is 4.86. The summed E-state index contributed by atoms with van der Waals surface area (Å²) in [6.07, 6.45) is -5.74. The van der Waals surface area contributed by atoms with E-state index in [1.165, 1.54) is 12.4 Å². The Kier molecular flexibility index (Phi) is 4.92. The number of nitrogens with zero attached hydrogens (tertiary/aromatic N) is 7. The minimum absolute atomic E-state index is 0.0137. The maximum absolute atomic E-state index is 13.8. The van der Waals surface area contributed by atoms with Crippen molar-refractivity contribution in [2.24, 2.45) is 0 Å². The van der Waals surface area contributed by atoms with Gasteiger partial charge in [0.1, 0.15) is 5.56 Å². The summed E-state index contributed by atoms with van der Waals surface area (Å²) in [5, 5.41) is 7.52. The topological polar surface area (TPSA) is 121 Å². The van der Waals surface area contributed by atoms with Crippen molar-refractivity contribution in [2.45, 2.75) is 12.4 Å². The molecule has 15 heteroatoms. The summed E-state index contributed by atoms with van der Waals surface area (Å²) in [6.45, 7) is 0. The second-order valence-electron chi connectivity index (χ2n) is 7.15. The van der Waals surface area contributed by atoms with Gasteiger partial charge in [-0.2, -0.15) is 36.4 Å². The summed E-state index contributed by atoms with van der Waals surface area (Å²) in [4.78, 5) is 15.9. The van der Waals surface area contributed by atoms with E-state index in [1.807, 2.05) is 0 Å². The van der Waals surface area contributed by atoms with E-state index < -0.39 is 23.6 Å². The van der Waals surface area contributed by atoms with Crippen LogP contribution in [0.25, 0.3) is 39.7 Å². The fourth-order valence-corrected chi connectivity index (χ4v) is 3.20. The van der Waals surface area contributed by atoms with Crippen LogP contribution in [0.1, 0.15) is 11.3 Å². The number of halogens is 6. The van der Waals surface area contributed by atoms with Crippen LogP contribution >= 0.6 is 0 Å². The van der Waals surface area contributed by atoms with E-state index in [0.29, 0.717) is 16.1 Å².